The summed E-state index contributed by atoms with van der Waals surface area (Å²) in [6.07, 6.45) is 0. The van der Waals surface area contributed by atoms with Crippen LogP contribution in [0.15, 0.2) is 64.2 Å². The van der Waals surface area contributed by atoms with E-state index in [1.807, 2.05) is 48.7 Å². The lowest BCUT2D eigenvalue weighted by molar-refractivity contribution is -0.479. The Labute approximate surface area is 238 Å². The molecule has 4 rings (SSSR count). The molecule has 0 N–H and O–H groups in total. The van der Waals surface area contributed by atoms with Gasteiger partial charge in [0.25, 0.3) is 0 Å². The van der Waals surface area contributed by atoms with Crippen LogP contribution in [0.5, 0.6) is 11.5 Å². The minimum absolute atomic E-state index is 0.302. The third kappa shape index (κ3) is 6.48. The predicted molar refractivity (Wildman–Crippen MR) is 153 cm³/mol. The Bertz CT molecular complexity index is 1460. The summed E-state index contributed by atoms with van der Waals surface area (Å²) in [5.74, 6) is 1.66. The summed E-state index contributed by atoms with van der Waals surface area (Å²) in [6.45, 7) is 5.94. The molecule has 0 saturated carbocycles. The van der Waals surface area contributed by atoms with Crippen LogP contribution in [0, 0.1) is 30.9 Å². The van der Waals surface area contributed by atoms with E-state index in [0.29, 0.717) is 44.1 Å². The van der Waals surface area contributed by atoms with Crippen LogP contribution >= 0.6 is 39.3 Å². The Morgan fingerprint density at radius 3 is 2.47 bits per heavy atom. The largest absolute Gasteiger partial charge is 0.493 e. The smallest absolute Gasteiger partial charge is 0.220 e. The number of nitro groups is 1. The van der Waals surface area contributed by atoms with Crippen LogP contribution in [0.2, 0.25) is 5.02 Å². The van der Waals surface area contributed by atoms with E-state index in [-0.39, 0.29) is 11.5 Å². The molecule has 0 radical (unpaired) electrons. The molecule has 8 nitrogen and oxygen atoms in total. The fraction of sp³-hybridized carbons (Fsp3) is 0.259. The van der Waals surface area contributed by atoms with Gasteiger partial charge in [-0.25, -0.2) is 0 Å². The summed E-state index contributed by atoms with van der Waals surface area (Å²) < 4.78 is 14.2. The van der Waals surface area contributed by atoms with Crippen molar-refractivity contribution < 1.29 is 14.4 Å². The first-order valence-corrected chi connectivity index (χ1v) is 13.7. The Hall–Kier alpha value is -3.08. The molecule has 0 saturated heterocycles. The van der Waals surface area contributed by atoms with E-state index in [9.17, 15) is 10.1 Å². The van der Waals surface area contributed by atoms with Gasteiger partial charge in [-0.05, 0) is 95.4 Å². The van der Waals surface area contributed by atoms with Crippen LogP contribution in [0.1, 0.15) is 33.3 Å². The lowest BCUT2D eigenvalue weighted by Gasteiger charge is -2.18. The van der Waals surface area contributed by atoms with Crippen LogP contribution in [0.25, 0.3) is 5.69 Å². The molecule has 0 aliphatic heterocycles. The first-order valence-electron chi connectivity index (χ1n) is 11.7. The number of halogens is 2. The van der Waals surface area contributed by atoms with Crippen molar-refractivity contribution in [3.8, 4) is 17.2 Å². The molecule has 198 valence electrons. The summed E-state index contributed by atoms with van der Waals surface area (Å²) >= 11 is 10.8. The average Bonchev–Trinajstić information content (AvgIpc) is 3.24. The van der Waals surface area contributed by atoms with Crippen LogP contribution in [0.4, 0.5) is 0 Å². The number of benzene rings is 3. The van der Waals surface area contributed by atoms with Crippen molar-refractivity contribution in [1.29, 1.82) is 0 Å². The Morgan fingerprint density at radius 2 is 1.82 bits per heavy atom. The minimum atomic E-state index is -0.561. The fourth-order valence-corrected chi connectivity index (χ4v) is 5.71. The first kappa shape index (κ1) is 27.9. The van der Waals surface area contributed by atoms with Crippen LogP contribution in [0.3, 0.4) is 0 Å². The number of ether oxygens (including phenoxy) is 2. The highest BCUT2D eigenvalue weighted by Crippen LogP contribution is 2.43. The summed E-state index contributed by atoms with van der Waals surface area (Å²) in [5.41, 5.74) is 4.85. The molecule has 0 aliphatic carbocycles. The number of rotatable bonds is 10. The molecular formula is C27H26BrClN4O4S. The number of thioether (sulfide) groups is 1. The maximum absolute atomic E-state index is 11.7. The number of methoxy groups -OCH3 is 1. The summed E-state index contributed by atoms with van der Waals surface area (Å²) in [6, 6.07) is 17.1. The van der Waals surface area contributed by atoms with Gasteiger partial charge in [0.2, 0.25) is 6.54 Å². The van der Waals surface area contributed by atoms with E-state index in [1.165, 1.54) is 24.4 Å². The summed E-state index contributed by atoms with van der Waals surface area (Å²) in [5, 5.41) is 20.9. The maximum Gasteiger partial charge on any atom is 0.220 e. The highest BCUT2D eigenvalue weighted by atomic mass is 79.9. The van der Waals surface area contributed by atoms with Gasteiger partial charge in [0.1, 0.15) is 17.7 Å². The molecule has 0 spiro atoms. The predicted octanol–water partition coefficient (Wildman–Crippen LogP) is 7.31. The Kier molecular flexibility index (Phi) is 8.96. The van der Waals surface area contributed by atoms with Gasteiger partial charge in [-0.15, -0.1) is 10.2 Å². The zero-order chi connectivity index (χ0) is 27.4. The number of aryl methyl sites for hydroxylation is 3. The molecular weight excluding hydrogens is 592 g/mol. The quantitative estimate of drug-likeness (QED) is 0.105. The third-order valence-electron chi connectivity index (χ3n) is 6.03. The standard InChI is InChI=1S/C27H26BrClN4O4S/c1-16-5-10-22(11-17(16)2)33-18(3)30-31-27(33)38-25(14-32(34)35)20-12-23(28)26(24(13-20)36-4)37-15-19-6-8-21(29)9-7-19/h5-13,25H,14-15H2,1-4H3/t25-/m1/s1. The topological polar surface area (TPSA) is 92.3 Å². The van der Waals surface area contributed by atoms with Crippen molar-refractivity contribution in [3.05, 3.63) is 102 Å². The highest BCUT2D eigenvalue weighted by Gasteiger charge is 2.26. The second kappa shape index (κ2) is 12.2. The van der Waals surface area contributed by atoms with Crippen LogP contribution in [-0.2, 0) is 6.61 Å². The monoisotopic (exact) mass is 616 g/mol. The number of hydrogen-bond acceptors (Lipinski definition) is 7. The molecule has 0 fully saturated rings. The second-order valence-electron chi connectivity index (χ2n) is 8.70. The summed E-state index contributed by atoms with van der Waals surface area (Å²) in [4.78, 5) is 11.4. The fourth-order valence-electron chi connectivity index (χ4n) is 3.86. The van der Waals surface area contributed by atoms with Crippen LogP contribution < -0.4 is 9.47 Å². The van der Waals surface area contributed by atoms with Gasteiger partial charge >= 0.3 is 0 Å². The minimum Gasteiger partial charge on any atom is -0.493 e. The van der Waals surface area contributed by atoms with Gasteiger partial charge in [0.05, 0.1) is 11.6 Å². The molecule has 3 aromatic carbocycles. The molecule has 1 atom stereocenters. The number of hydrogen-bond donors (Lipinski definition) is 0. The van der Waals surface area contributed by atoms with E-state index in [4.69, 9.17) is 21.1 Å². The van der Waals surface area contributed by atoms with Gasteiger partial charge in [-0.3, -0.25) is 14.7 Å². The van der Waals surface area contributed by atoms with E-state index >= 15 is 0 Å². The van der Waals surface area contributed by atoms with Gasteiger partial charge in [-0.2, -0.15) is 0 Å². The van der Waals surface area contributed by atoms with Gasteiger partial charge < -0.3 is 9.47 Å². The average molecular weight is 618 g/mol. The zero-order valence-corrected chi connectivity index (χ0v) is 24.4. The summed E-state index contributed by atoms with van der Waals surface area (Å²) in [7, 11) is 1.54. The SMILES string of the molecule is COc1cc([C@@H](C[N+](=O)[O-])Sc2nnc(C)n2-c2ccc(C)c(C)c2)cc(Br)c1OCc1ccc(Cl)cc1. The van der Waals surface area contributed by atoms with Crippen LogP contribution in [-0.4, -0.2) is 33.3 Å². The zero-order valence-electron chi connectivity index (χ0n) is 21.3. The number of nitrogens with zero attached hydrogens (tertiary/aromatic N) is 4. The number of aromatic nitrogens is 3. The van der Waals surface area contributed by atoms with Crippen molar-refractivity contribution >= 4 is 39.3 Å². The molecule has 0 amide bonds. The molecule has 0 unspecified atom stereocenters. The normalized spacial score (nSPS) is 11.8. The first-order chi connectivity index (χ1) is 18.2. The molecule has 1 aromatic heterocycles. The van der Waals surface area contributed by atoms with Crippen molar-refractivity contribution in [2.75, 3.05) is 13.7 Å². The Balaban J connectivity index is 1.65. The van der Waals surface area contributed by atoms with Gasteiger partial charge in [0.15, 0.2) is 16.7 Å². The van der Waals surface area contributed by atoms with Gasteiger partial charge in [-0.1, -0.05) is 41.6 Å². The molecule has 0 bridgehead atoms. The van der Waals surface area contributed by atoms with Crippen molar-refractivity contribution in [2.45, 2.75) is 37.8 Å². The van der Waals surface area contributed by atoms with Crippen molar-refractivity contribution in [2.24, 2.45) is 0 Å². The van der Waals surface area contributed by atoms with Crippen molar-refractivity contribution in [3.63, 3.8) is 0 Å². The molecule has 1 heterocycles. The van der Waals surface area contributed by atoms with E-state index in [2.05, 4.69) is 39.1 Å². The van der Waals surface area contributed by atoms with Gasteiger partial charge in [0, 0.05) is 15.6 Å². The highest BCUT2D eigenvalue weighted by molar-refractivity contribution is 9.10. The van der Waals surface area contributed by atoms with Crippen molar-refractivity contribution in [1.82, 2.24) is 14.8 Å². The lowest BCUT2D eigenvalue weighted by atomic mass is 10.1. The molecule has 0 aliphatic rings. The Morgan fingerprint density at radius 1 is 1.08 bits per heavy atom. The molecule has 38 heavy (non-hydrogen) atoms. The third-order valence-corrected chi connectivity index (χ3v) is 8.05. The van der Waals surface area contributed by atoms with E-state index < -0.39 is 5.25 Å². The molecule has 4 aromatic rings. The molecule has 11 heteroatoms. The maximum atomic E-state index is 11.7. The lowest BCUT2D eigenvalue weighted by Crippen LogP contribution is -2.12. The van der Waals surface area contributed by atoms with E-state index in [0.717, 1.165) is 16.8 Å². The second-order valence-corrected chi connectivity index (χ2v) is 11.2. The van der Waals surface area contributed by atoms with E-state index in [1.54, 1.807) is 18.2 Å².